The molecule has 6 fully saturated rings. The molecule has 6 aliphatic rings. The van der Waals surface area contributed by atoms with E-state index in [9.17, 15) is 18.0 Å². The zero-order valence-electron chi connectivity index (χ0n) is 33.7. The van der Waals surface area contributed by atoms with Crippen LogP contribution in [-0.4, -0.2) is 81.7 Å². The number of carbonyl (C=O) groups excluding carboxylic acids is 2. The molecule has 0 aromatic rings. The lowest BCUT2D eigenvalue weighted by molar-refractivity contribution is -0.247. The predicted molar refractivity (Wildman–Crippen MR) is 203 cm³/mol. The van der Waals surface area contributed by atoms with Gasteiger partial charge in [0.1, 0.15) is 6.10 Å². The summed E-state index contributed by atoms with van der Waals surface area (Å²) in [6.45, 7) is 25.5. The number of fused-ring (bicyclic) bond motifs is 7. The van der Waals surface area contributed by atoms with Gasteiger partial charge in [-0.2, -0.15) is 0 Å². The minimum Gasteiger partial charge on any atom is -0.467 e. The van der Waals surface area contributed by atoms with E-state index in [0.29, 0.717) is 66.1 Å². The largest absolute Gasteiger partial charge is 0.467 e. The van der Waals surface area contributed by atoms with Crippen LogP contribution < -0.4 is 5.32 Å². The van der Waals surface area contributed by atoms with E-state index < -0.39 is 15.3 Å². The first kappa shape index (κ1) is 39.5. The summed E-state index contributed by atoms with van der Waals surface area (Å²) in [4.78, 5) is 26.4. The quantitative estimate of drug-likeness (QED) is 0.175. The van der Waals surface area contributed by atoms with Crippen molar-refractivity contribution in [1.82, 2.24) is 10.2 Å². The van der Waals surface area contributed by atoms with Gasteiger partial charge in [0.05, 0.1) is 24.5 Å². The van der Waals surface area contributed by atoms with Crippen molar-refractivity contribution in [1.29, 1.82) is 0 Å². The Morgan fingerprint density at radius 2 is 1.61 bits per heavy atom. The number of carbonyl (C=O) groups is 2. The number of sulfone groups is 1. The zero-order valence-corrected chi connectivity index (χ0v) is 34.5. The van der Waals surface area contributed by atoms with Crippen LogP contribution in [-0.2, 0) is 28.9 Å². The lowest BCUT2D eigenvalue weighted by Gasteiger charge is -2.73. The van der Waals surface area contributed by atoms with Gasteiger partial charge in [-0.25, -0.2) is 8.42 Å². The van der Waals surface area contributed by atoms with Gasteiger partial charge in [0, 0.05) is 42.5 Å². The van der Waals surface area contributed by atoms with Gasteiger partial charge in [-0.05, 0) is 116 Å². The Balaban J connectivity index is 1.18. The normalized spacial score (nSPS) is 43.3. The molecule has 8 nitrogen and oxygen atoms in total. The van der Waals surface area contributed by atoms with E-state index in [-0.39, 0.29) is 46.9 Å². The third-order valence-corrected chi connectivity index (χ3v) is 18.7. The highest BCUT2D eigenvalue weighted by Crippen LogP contribution is 2.76. The number of hydrogen-bond donors (Lipinski definition) is 1. The average Bonchev–Trinajstić information content (AvgIpc) is 3.42. The van der Waals surface area contributed by atoms with E-state index in [1.54, 1.807) is 0 Å². The van der Waals surface area contributed by atoms with Crippen LogP contribution in [0.15, 0.2) is 0 Å². The van der Waals surface area contributed by atoms with Crippen LogP contribution >= 0.6 is 0 Å². The fraction of sp³-hybridized carbons (Fsp3) is 0.952. The maximum Gasteiger partial charge on any atom is 0.306 e. The highest BCUT2D eigenvalue weighted by Gasteiger charge is 2.71. The molecule has 5 aliphatic carbocycles. The highest BCUT2D eigenvalue weighted by molar-refractivity contribution is 7.91. The number of hydrogen-bond acceptors (Lipinski definition) is 8. The first-order valence-electron chi connectivity index (χ1n) is 20.7. The minimum atomic E-state index is -2.86. The predicted octanol–water partition coefficient (Wildman–Crippen LogP) is 7.30. The molecule has 51 heavy (non-hydrogen) atoms. The Kier molecular flexibility index (Phi) is 10.7. The summed E-state index contributed by atoms with van der Waals surface area (Å²) in [5.74, 6) is 4.42. The first-order valence-corrected chi connectivity index (χ1v) is 22.5. The van der Waals surface area contributed by atoms with Crippen molar-refractivity contribution in [2.24, 2.45) is 62.6 Å². The minimum absolute atomic E-state index is 0.0943. The first-order chi connectivity index (χ1) is 23.7. The van der Waals surface area contributed by atoms with E-state index in [2.05, 4.69) is 58.7 Å². The van der Waals surface area contributed by atoms with Gasteiger partial charge in [-0.15, -0.1) is 0 Å². The summed E-state index contributed by atoms with van der Waals surface area (Å²) < 4.78 is 35.4. The summed E-state index contributed by atoms with van der Waals surface area (Å²) in [6.07, 6.45) is 12.4. The molecular weight excluding hydrogens is 661 g/mol. The summed E-state index contributed by atoms with van der Waals surface area (Å²) >= 11 is 0. The molecule has 292 valence electrons. The van der Waals surface area contributed by atoms with Crippen molar-refractivity contribution >= 4 is 22.3 Å². The Hall–Kier alpha value is -1.19. The van der Waals surface area contributed by atoms with Gasteiger partial charge in [-0.1, -0.05) is 62.3 Å². The fourth-order valence-electron chi connectivity index (χ4n) is 14.2. The Morgan fingerprint density at radius 3 is 2.27 bits per heavy atom. The van der Waals surface area contributed by atoms with Gasteiger partial charge in [0.2, 0.25) is 0 Å². The molecule has 0 amide bonds. The maximum atomic E-state index is 13.3. The lowest BCUT2D eigenvalue weighted by atomic mass is 9.32. The molecule has 0 unspecified atom stereocenters. The molecular formula is C42H72N2O6S. The average molecular weight is 733 g/mol. The van der Waals surface area contributed by atoms with Crippen LogP contribution in [0.25, 0.3) is 0 Å². The molecule has 9 heteroatoms. The SMILES string of the molecule is CC(C)[C@@H]1CC[C@]2(NCCN3CCS(=O)(=O)CC3)CC[C@]3(C)[C@H](CC[C@@H]4[C@@]5(C)CC[C@H](OC(=O)CC(C)(C)COC=O)C(C)(C)[C@@H]5CC[C@]43C)[C@@H]12. The van der Waals surface area contributed by atoms with Crippen molar-refractivity contribution < 1.29 is 27.5 Å². The number of nitrogens with one attached hydrogen (secondary N) is 1. The monoisotopic (exact) mass is 733 g/mol. The van der Waals surface area contributed by atoms with E-state index in [1.807, 2.05) is 13.8 Å². The number of esters is 1. The van der Waals surface area contributed by atoms with Crippen molar-refractivity contribution in [3.05, 3.63) is 0 Å². The van der Waals surface area contributed by atoms with Crippen LogP contribution in [0.2, 0.25) is 0 Å². The van der Waals surface area contributed by atoms with Crippen LogP contribution in [0.4, 0.5) is 0 Å². The van der Waals surface area contributed by atoms with E-state index in [4.69, 9.17) is 9.47 Å². The molecule has 6 rings (SSSR count). The molecule has 1 aliphatic heterocycles. The zero-order chi connectivity index (χ0) is 37.3. The topological polar surface area (TPSA) is 102 Å². The van der Waals surface area contributed by atoms with Crippen LogP contribution in [0, 0.1) is 62.6 Å². The molecule has 0 radical (unpaired) electrons. The Bertz CT molecular complexity index is 1400. The van der Waals surface area contributed by atoms with Gasteiger partial charge in [-0.3, -0.25) is 9.59 Å². The molecule has 5 saturated carbocycles. The smallest absolute Gasteiger partial charge is 0.306 e. The van der Waals surface area contributed by atoms with E-state index >= 15 is 0 Å². The summed E-state index contributed by atoms with van der Waals surface area (Å²) in [5, 5.41) is 4.24. The third-order valence-electron chi connectivity index (χ3n) is 17.1. The molecule has 0 aromatic carbocycles. The van der Waals surface area contributed by atoms with Crippen LogP contribution in [0.1, 0.15) is 133 Å². The molecule has 0 aromatic heterocycles. The van der Waals surface area contributed by atoms with Crippen molar-refractivity contribution in [3.63, 3.8) is 0 Å². The van der Waals surface area contributed by atoms with Gasteiger partial charge in [0.25, 0.3) is 6.47 Å². The Labute approximate surface area is 310 Å². The van der Waals surface area contributed by atoms with E-state index in [0.717, 1.165) is 31.8 Å². The summed E-state index contributed by atoms with van der Waals surface area (Å²) in [6, 6.07) is 0. The number of ether oxygens (including phenoxy) is 2. The number of nitrogens with zero attached hydrogens (tertiary/aromatic N) is 1. The van der Waals surface area contributed by atoms with E-state index in [1.165, 1.54) is 51.4 Å². The van der Waals surface area contributed by atoms with Crippen LogP contribution in [0.5, 0.6) is 0 Å². The van der Waals surface area contributed by atoms with Crippen LogP contribution in [0.3, 0.4) is 0 Å². The molecule has 0 spiro atoms. The fourth-order valence-corrected chi connectivity index (χ4v) is 15.5. The van der Waals surface area contributed by atoms with Gasteiger partial charge in [0.15, 0.2) is 9.84 Å². The molecule has 0 bridgehead atoms. The summed E-state index contributed by atoms with van der Waals surface area (Å²) in [5.41, 5.74) is 0.421. The summed E-state index contributed by atoms with van der Waals surface area (Å²) in [7, 11) is -2.86. The molecule has 1 heterocycles. The van der Waals surface area contributed by atoms with Crippen molar-refractivity contribution in [2.45, 2.75) is 145 Å². The number of rotatable bonds is 11. The second-order valence-electron chi connectivity index (χ2n) is 20.8. The molecule has 1 N–H and O–H groups in total. The standard InChI is InChI=1S/C42H72N2O6S/c1-29(2)30-12-17-42(43-20-21-44-22-24-51(47,48)25-23-44)19-18-40(8)31(36(30)42)10-11-33-39(7)15-14-34(38(5,6)32(39)13-16-41(33,40)9)50-35(46)26-37(3,4)27-49-28-45/h28-34,36,43H,10-27H2,1-9H3/t30-,31+,32-,33+,34-,36+,39-,40+,41+,42-/m0/s1. The highest BCUT2D eigenvalue weighted by atomic mass is 32.2. The molecule has 10 atom stereocenters. The maximum absolute atomic E-state index is 13.3. The molecule has 1 saturated heterocycles. The van der Waals surface area contributed by atoms with Gasteiger partial charge < -0.3 is 19.7 Å². The van der Waals surface area contributed by atoms with Gasteiger partial charge >= 0.3 is 5.97 Å². The van der Waals surface area contributed by atoms with Crippen molar-refractivity contribution in [2.75, 3.05) is 44.3 Å². The lowest BCUT2D eigenvalue weighted by Crippen LogP contribution is -2.69. The van der Waals surface area contributed by atoms with Crippen molar-refractivity contribution in [3.8, 4) is 0 Å². The second-order valence-corrected chi connectivity index (χ2v) is 23.1. The Morgan fingerprint density at radius 1 is 0.902 bits per heavy atom. The third kappa shape index (κ3) is 6.87. The second kappa shape index (κ2) is 13.8.